The number of piperidine rings is 1. The molecule has 0 saturated carbocycles. The van der Waals surface area contributed by atoms with Gasteiger partial charge in [-0.1, -0.05) is 6.07 Å². The average Bonchev–Trinajstić information content (AvgIpc) is 3.62. The van der Waals surface area contributed by atoms with Gasteiger partial charge < -0.3 is 43.7 Å². The van der Waals surface area contributed by atoms with E-state index in [-0.39, 0.29) is 54.9 Å². The minimum Gasteiger partial charge on any atom is -0.504 e. The molecule has 55 heavy (non-hydrogen) atoms. The van der Waals surface area contributed by atoms with Gasteiger partial charge in [-0.05, 0) is 61.7 Å². The predicted molar refractivity (Wildman–Crippen MR) is 197 cm³/mol. The molecule has 0 amide bonds. The third kappa shape index (κ3) is 4.36. The molecular weight excluding hydrogens is 731 g/mol. The number of rotatable bonds is 3. The van der Waals surface area contributed by atoms with Crippen LogP contribution in [-0.2, 0) is 38.3 Å². The van der Waals surface area contributed by atoms with Crippen molar-refractivity contribution >= 4 is 23.7 Å². The van der Waals surface area contributed by atoms with Crippen molar-refractivity contribution in [1.29, 1.82) is 0 Å². The summed E-state index contributed by atoms with van der Waals surface area (Å²) in [5.74, 6) is 0.910. The van der Waals surface area contributed by atoms with E-state index in [9.17, 15) is 20.1 Å². The maximum absolute atomic E-state index is 15.3. The molecule has 11 rings (SSSR count). The van der Waals surface area contributed by atoms with E-state index in [0.29, 0.717) is 58.0 Å². The van der Waals surface area contributed by atoms with Gasteiger partial charge in [-0.2, -0.15) is 0 Å². The maximum atomic E-state index is 15.3. The number of aryl methyl sites for hydroxylation is 1. The molecule has 14 nitrogen and oxygen atoms in total. The maximum Gasteiger partial charge on any atom is 0.332 e. The number of esters is 2. The highest BCUT2D eigenvalue weighted by atomic mass is 32.2. The van der Waals surface area contributed by atoms with Gasteiger partial charge in [-0.3, -0.25) is 19.9 Å². The summed E-state index contributed by atoms with van der Waals surface area (Å²) < 4.78 is 36.8. The Morgan fingerprint density at radius 2 is 1.84 bits per heavy atom. The van der Waals surface area contributed by atoms with E-state index in [4.69, 9.17) is 28.4 Å². The Hall–Kier alpha value is -4.41. The zero-order valence-electron chi connectivity index (χ0n) is 31.4. The van der Waals surface area contributed by atoms with Crippen LogP contribution in [0, 0.1) is 13.8 Å². The molecule has 2 saturated heterocycles. The summed E-state index contributed by atoms with van der Waals surface area (Å²) in [6.45, 7) is 5.66. The average molecular weight is 774 g/mol. The molecule has 1 unspecified atom stereocenters. The van der Waals surface area contributed by atoms with Crippen molar-refractivity contribution in [3.63, 3.8) is 0 Å². The predicted octanol–water partition coefficient (Wildman–Crippen LogP) is 3.34. The van der Waals surface area contributed by atoms with Crippen LogP contribution < -0.4 is 29.0 Å². The van der Waals surface area contributed by atoms with E-state index in [0.717, 1.165) is 16.7 Å². The number of phenolic OH excluding ortho intramolecular Hbond substituents is 2. The van der Waals surface area contributed by atoms with Crippen LogP contribution in [0.3, 0.4) is 0 Å². The lowest BCUT2D eigenvalue weighted by Crippen LogP contribution is -2.72. The number of fused-ring (bicyclic) bond motifs is 4. The van der Waals surface area contributed by atoms with Crippen LogP contribution in [0.4, 0.5) is 0 Å². The van der Waals surface area contributed by atoms with Gasteiger partial charge in [-0.25, -0.2) is 4.79 Å². The Bertz CT molecular complexity index is 2250. The monoisotopic (exact) mass is 773 g/mol. The number of carbonyl (C=O) groups excluding carboxylic acids is 2. The lowest BCUT2D eigenvalue weighted by Gasteiger charge is -2.61. The molecule has 2 fully saturated rings. The number of carbonyl (C=O) groups is 2. The molecule has 290 valence electrons. The molecule has 4 bridgehead atoms. The van der Waals surface area contributed by atoms with Crippen molar-refractivity contribution in [2.75, 3.05) is 46.9 Å². The number of nitrogens with zero attached hydrogens (tertiary/aromatic N) is 2. The lowest BCUT2D eigenvalue weighted by atomic mass is 9.77. The van der Waals surface area contributed by atoms with Gasteiger partial charge >= 0.3 is 11.9 Å². The topological polar surface area (TPSA) is 169 Å². The number of thioether (sulfide) groups is 1. The first kappa shape index (κ1) is 35.0. The van der Waals surface area contributed by atoms with Crippen LogP contribution in [0.5, 0.6) is 40.2 Å². The number of methoxy groups -OCH3 is 2. The van der Waals surface area contributed by atoms with Crippen LogP contribution in [0.25, 0.3) is 0 Å². The standard InChI is InChI=1S/C40H43N3O11S/c1-17-9-21-12-38(48)14-42(4)29(26(21)31(46)32(17)50-6)30-36-40(54-37(47)39(15-55-36)22-11-25(49-5)24(45)10-20(22)7-8-41-39)13-23(43(30)38)27-28(40)33(53-19(3)44)18(2)34-35(27)52-16-51-34/h9-11,23,29-30,36,41,45-46,48H,7-8,12-16H2,1-6H3/t23-,29+,30?,36+,38-,39+,40-/m0/s1. The van der Waals surface area contributed by atoms with Crippen LogP contribution >= 0.6 is 11.8 Å². The van der Waals surface area contributed by atoms with Gasteiger partial charge in [-0.15, -0.1) is 11.8 Å². The Morgan fingerprint density at radius 3 is 2.58 bits per heavy atom. The van der Waals surface area contributed by atoms with E-state index >= 15 is 4.79 Å². The number of piperazine rings is 1. The number of likely N-dealkylation sites (N-methyl/N-ethyl adjacent to an activating group) is 1. The number of hydrogen-bond donors (Lipinski definition) is 4. The summed E-state index contributed by atoms with van der Waals surface area (Å²) in [5.41, 5.74) is 1.17. The molecule has 15 heteroatoms. The Kier molecular flexibility index (Phi) is 7.37. The third-order valence-electron chi connectivity index (χ3n) is 13.1. The van der Waals surface area contributed by atoms with E-state index < -0.39 is 52.2 Å². The molecule has 0 radical (unpaired) electrons. The highest BCUT2D eigenvalue weighted by molar-refractivity contribution is 8.00. The van der Waals surface area contributed by atoms with E-state index in [1.54, 1.807) is 30.8 Å². The minimum absolute atomic E-state index is 0.0147. The smallest absolute Gasteiger partial charge is 0.332 e. The molecule has 8 aliphatic rings. The molecule has 3 aromatic rings. The van der Waals surface area contributed by atoms with Crippen molar-refractivity contribution in [2.45, 2.75) is 80.3 Å². The van der Waals surface area contributed by atoms with Crippen molar-refractivity contribution in [3.05, 3.63) is 62.7 Å². The third-order valence-corrected chi connectivity index (χ3v) is 14.7. The first-order valence-corrected chi connectivity index (χ1v) is 19.6. The fraction of sp³-hybridized carbons (Fsp3) is 0.500. The molecule has 4 N–H and O–H groups in total. The molecule has 1 aliphatic carbocycles. The highest BCUT2D eigenvalue weighted by Gasteiger charge is 2.73. The molecule has 0 aromatic heterocycles. The molecule has 7 atom stereocenters. The molecule has 3 aromatic carbocycles. The van der Waals surface area contributed by atoms with Crippen LogP contribution in [-0.4, -0.2) is 101 Å². The van der Waals surface area contributed by atoms with Gasteiger partial charge in [0.1, 0.15) is 11.5 Å². The number of nitrogens with one attached hydrogen (secondary N) is 1. The number of benzene rings is 3. The second-order valence-corrected chi connectivity index (χ2v) is 17.1. The first-order valence-electron chi connectivity index (χ1n) is 18.5. The number of ether oxygens (including phenoxy) is 6. The van der Waals surface area contributed by atoms with Crippen molar-refractivity contribution in [3.8, 4) is 40.2 Å². The Morgan fingerprint density at radius 1 is 1.05 bits per heavy atom. The van der Waals surface area contributed by atoms with E-state index in [1.165, 1.54) is 21.1 Å². The quantitative estimate of drug-likeness (QED) is 0.226. The second-order valence-electron chi connectivity index (χ2n) is 16.0. The molecular formula is C40H43N3O11S. The number of aliphatic hydroxyl groups is 1. The summed E-state index contributed by atoms with van der Waals surface area (Å²) in [7, 11) is 4.95. The normalized spacial score (nSPS) is 32.4. The molecule has 2 spiro atoms. The Labute approximate surface area is 321 Å². The minimum atomic E-state index is -1.46. The van der Waals surface area contributed by atoms with Crippen LogP contribution in [0.15, 0.2) is 18.2 Å². The van der Waals surface area contributed by atoms with E-state index in [1.807, 2.05) is 20.0 Å². The SMILES string of the molecule is COc1cc2c(cc1O)CCN[C@]21CS[C@@H]2C3[C@H]4c5c(cc(C)c(OC)c5O)C[C@](O)(CN4C)N3[C@H]3C[C@]2(OC1=O)c1c(OC(C)=O)c(C)c2c(c13)OCO2. The fourth-order valence-corrected chi connectivity index (χ4v) is 13.0. The number of phenols is 2. The van der Waals surface area contributed by atoms with Gasteiger partial charge in [0, 0.05) is 72.9 Å². The van der Waals surface area contributed by atoms with Crippen molar-refractivity contribution < 1.29 is 53.3 Å². The lowest BCUT2D eigenvalue weighted by molar-refractivity contribution is -0.234. The fourth-order valence-electron chi connectivity index (χ4n) is 11.2. The zero-order chi connectivity index (χ0) is 38.5. The van der Waals surface area contributed by atoms with Gasteiger partial charge in [0.25, 0.3) is 0 Å². The Balaban J connectivity index is 1.27. The largest absolute Gasteiger partial charge is 0.504 e. The molecule has 7 aliphatic heterocycles. The number of hydrogen-bond acceptors (Lipinski definition) is 15. The van der Waals surface area contributed by atoms with Crippen LogP contribution in [0.1, 0.15) is 69.9 Å². The van der Waals surface area contributed by atoms with Gasteiger partial charge in [0.05, 0.1) is 25.5 Å². The van der Waals surface area contributed by atoms with E-state index in [2.05, 4.69) is 15.1 Å². The summed E-state index contributed by atoms with van der Waals surface area (Å²) in [6, 6.07) is 3.71. The van der Waals surface area contributed by atoms with Gasteiger partial charge in [0.15, 0.2) is 45.6 Å². The first-order chi connectivity index (χ1) is 26.3. The summed E-state index contributed by atoms with van der Waals surface area (Å²) in [5, 5.41) is 39.0. The zero-order valence-corrected chi connectivity index (χ0v) is 32.2. The number of aromatic hydroxyl groups is 2. The van der Waals surface area contributed by atoms with Crippen molar-refractivity contribution in [1.82, 2.24) is 15.1 Å². The van der Waals surface area contributed by atoms with Crippen LogP contribution in [0.2, 0.25) is 0 Å². The highest BCUT2D eigenvalue weighted by Crippen LogP contribution is 2.71. The molecule has 7 heterocycles. The second kappa shape index (κ2) is 11.6. The summed E-state index contributed by atoms with van der Waals surface area (Å²) >= 11 is 1.55. The summed E-state index contributed by atoms with van der Waals surface area (Å²) in [4.78, 5) is 32.5. The van der Waals surface area contributed by atoms with Crippen molar-refractivity contribution in [2.24, 2.45) is 0 Å². The summed E-state index contributed by atoms with van der Waals surface area (Å²) in [6.07, 6.45) is 1.01. The van der Waals surface area contributed by atoms with Gasteiger partial charge in [0.2, 0.25) is 6.79 Å².